The van der Waals surface area contributed by atoms with Gasteiger partial charge in [0, 0.05) is 13.1 Å². The fraction of sp³-hybridized carbons (Fsp3) is 0.800. The van der Waals surface area contributed by atoms with Gasteiger partial charge in [0.05, 0.1) is 0 Å². The molecule has 0 spiro atoms. The summed E-state index contributed by atoms with van der Waals surface area (Å²) in [5, 5.41) is 0. The molecule has 0 aliphatic carbocycles. The lowest BCUT2D eigenvalue weighted by atomic mass is 10.1. The Balaban J connectivity index is 1.77. The molecule has 0 N–H and O–H groups in total. The van der Waals surface area contributed by atoms with E-state index in [1.54, 1.807) is 0 Å². The molecule has 0 unspecified atom stereocenters. The molecule has 0 saturated heterocycles. The van der Waals surface area contributed by atoms with Crippen molar-refractivity contribution in [3.05, 3.63) is 23.9 Å². The van der Waals surface area contributed by atoms with Gasteiger partial charge in [-0.3, -0.25) is 0 Å². The van der Waals surface area contributed by atoms with Gasteiger partial charge in [-0.15, -0.1) is 0 Å². The molecule has 0 radical (unpaired) electrons. The lowest BCUT2D eigenvalue weighted by Crippen LogP contribution is -2.22. The van der Waals surface area contributed by atoms with Gasteiger partial charge in [0.1, 0.15) is 0 Å². The van der Waals surface area contributed by atoms with Gasteiger partial charge >= 0.3 is 0 Å². The summed E-state index contributed by atoms with van der Waals surface area (Å²) in [5.74, 6) is 0. The predicted octanol–water partition coefficient (Wildman–Crippen LogP) is 6.46. The molecule has 1 aliphatic heterocycles. The van der Waals surface area contributed by atoms with Crippen LogP contribution in [0.4, 0.5) is 0 Å². The molecular weight excluding hydrogens is 254 g/mol. The Morgan fingerprint density at radius 2 is 1.33 bits per heavy atom. The highest BCUT2D eigenvalue weighted by atomic mass is 15.1. The van der Waals surface area contributed by atoms with Gasteiger partial charge in [0.2, 0.25) is 0 Å². The van der Waals surface area contributed by atoms with E-state index in [1.807, 2.05) is 0 Å². The lowest BCUT2D eigenvalue weighted by Gasteiger charge is -2.23. The van der Waals surface area contributed by atoms with Gasteiger partial charge in [-0.25, -0.2) is 0 Å². The molecule has 1 rings (SSSR count). The van der Waals surface area contributed by atoms with Crippen LogP contribution in [0, 0.1) is 0 Å². The molecule has 0 amide bonds. The number of unbranched alkanes of at least 4 members (excludes halogenated alkanes) is 11. The smallest absolute Gasteiger partial charge is 0.0383 e. The second-order valence-electron chi connectivity index (χ2n) is 6.71. The maximum absolute atomic E-state index is 2.45. The minimum Gasteiger partial charge on any atom is -0.373 e. The standard InChI is InChI=1S/C20H37N/c1-3-4-5-6-7-8-9-10-11-12-13-14-17-21-18-15-16-20(2)19-21/h15-16,18H,3-14,17,19H2,1-2H3. The summed E-state index contributed by atoms with van der Waals surface area (Å²) >= 11 is 0. The molecule has 1 heterocycles. The first-order chi connectivity index (χ1) is 10.3. The summed E-state index contributed by atoms with van der Waals surface area (Å²) in [6.07, 6.45) is 23.9. The van der Waals surface area contributed by atoms with E-state index in [4.69, 9.17) is 0 Å². The van der Waals surface area contributed by atoms with Crippen LogP contribution in [0.15, 0.2) is 23.9 Å². The van der Waals surface area contributed by atoms with Crippen molar-refractivity contribution in [2.75, 3.05) is 13.1 Å². The number of rotatable bonds is 13. The minimum absolute atomic E-state index is 1.13. The number of nitrogens with zero attached hydrogens (tertiary/aromatic N) is 1. The van der Waals surface area contributed by atoms with E-state index in [9.17, 15) is 0 Å². The molecule has 1 aliphatic rings. The van der Waals surface area contributed by atoms with E-state index in [-0.39, 0.29) is 0 Å². The van der Waals surface area contributed by atoms with Crippen LogP contribution in [0.2, 0.25) is 0 Å². The van der Waals surface area contributed by atoms with E-state index in [2.05, 4.69) is 37.1 Å². The summed E-state index contributed by atoms with van der Waals surface area (Å²) < 4.78 is 0. The Labute approximate surface area is 133 Å². The topological polar surface area (TPSA) is 3.24 Å². The van der Waals surface area contributed by atoms with Crippen molar-refractivity contribution in [1.29, 1.82) is 0 Å². The van der Waals surface area contributed by atoms with Gasteiger partial charge in [0.15, 0.2) is 0 Å². The molecule has 122 valence electrons. The zero-order valence-corrected chi connectivity index (χ0v) is 14.6. The first-order valence-corrected chi connectivity index (χ1v) is 9.41. The highest BCUT2D eigenvalue weighted by Gasteiger charge is 2.03. The molecule has 0 aromatic carbocycles. The Kier molecular flexibility index (Phi) is 11.3. The molecule has 0 bridgehead atoms. The van der Waals surface area contributed by atoms with Crippen molar-refractivity contribution < 1.29 is 0 Å². The van der Waals surface area contributed by atoms with Crippen molar-refractivity contribution in [2.45, 2.75) is 90.9 Å². The van der Waals surface area contributed by atoms with Crippen molar-refractivity contribution in [1.82, 2.24) is 4.90 Å². The van der Waals surface area contributed by atoms with Gasteiger partial charge < -0.3 is 4.90 Å². The van der Waals surface area contributed by atoms with E-state index in [1.165, 1.54) is 89.2 Å². The van der Waals surface area contributed by atoms with Crippen molar-refractivity contribution >= 4 is 0 Å². The SMILES string of the molecule is CCCCCCCCCCCCCCN1C=CC=C(C)C1. The van der Waals surface area contributed by atoms with E-state index in [0.717, 1.165) is 6.54 Å². The summed E-state index contributed by atoms with van der Waals surface area (Å²) in [4.78, 5) is 2.45. The quantitative estimate of drug-likeness (QED) is 0.352. The summed E-state index contributed by atoms with van der Waals surface area (Å²) in [6, 6.07) is 0. The summed E-state index contributed by atoms with van der Waals surface area (Å²) in [5.41, 5.74) is 1.48. The maximum Gasteiger partial charge on any atom is 0.0383 e. The van der Waals surface area contributed by atoms with Gasteiger partial charge in [-0.2, -0.15) is 0 Å². The maximum atomic E-state index is 2.45. The highest BCUT2D eigenvalue weighted by Crippen LogP contribution is 2.13. The van der Waals surface area contributed by atoms with Gasteiger partial charge in [-0.1, -0.05) is 89.2 Å². The van der Waals surface area contributed by atoms with E-state index in [0.29, 0.717) is 0 Å². The first kappa shape index (κ1) is 18.3. The molecule has 0 saturated carbocycles. The molecule has 21 heavy (non-hydrogen) atoms. The second kappa shape index (κ2) is 13.0. The molecule has 0 aromatic heterocycles. The third-order valence-electron chi connectivity index (χ3n) is 4.43. The molecule has 0 atom stereocenters. The molecular formula is C20H37N. The van der Waals surface area contributed by atoms with Crippen LogP contribution in [-0.4, -0.2) is 18.0 Å². The summed E-state index contributed by atoms with van der Waals surface area (Å²) in [6.45, 7) is 6.88. The Morgan fingerprint density at radius 3 is 1.86 bits per heavy atom. The zero-order valence-electron chi connectivity index (χ0n) is 14.6. The molecule has 1 heteroatoms. The summed E-state index contributed by atoms with van der Waals surface area (Å²) in [7, 11) is 0. The zero-order chi connectivity index (χ0) is 15.2. The predicted molar refractivity (Wildman–Crippen MR) is 95.5 cm³/mol. The average Bonchev–Trinajstić information content (AvgIpc) is 2.48. The van der Waals surface area contributed by atoms with Crippen LogP contribution in [0.3, 0.4) is 0 Å². The lowest BCUT2D eigenvalue weighted by molar-refractivity contribution is 0.383. The Bertz CT molecular complexity index is 290. The normalized spacial score (nSPS) is 14.6. The Hall–Kier alpha value is -0.720. The minimum atomic E-state index is 1.13. The van der Waals surface area contributed by atoms with Gasteiger partial charge in [0.25, 0.3) is 0 Å². The highest BCUT2D eigenvalue weighted by molar-refractivity contribution is 5.16. The number of hydrogen-bond donors (Lipinski definition) is 0. The third kappa shape index (κ3) is 10.6. The Morgan fingerprint density at radius 1 is 0.810 bits per heavy atom. The first-order valence-electron chi connectivity index (χ1n) is 9.41. The van der Waals surface area contributed by atoms with Crippen LogP contribution in [0.1, 0.15) is 90.9 Å². The fourth-order valence-corrected chi connectivity index (χ4v) is 3.06. The molecule has 0 aromatic rings. The number of hydrogen-bond acceptors (Lipinski definition) is 1. The molecule has 1 nitrogen and oxygen atoms in total. The van der Waals surface area contributed by atoms with Crippen LogP contribution >= 0.6 is 0 Å². The van der Waals surface area contributed by atoms with Crippen molar-refractivity contribution in [3.63, 3.8) is 0 Å². The second-order valence-corrected chi connectivity index (χ2v) is 6.71. The third-order valence-corrected chi connectivity index (χ3v) is 4.43. The van der Waals surface area contributed by atoms with Gasteiger partial charge in [-0.05, 0) is 25.6 Å². The van der Waals surface area contributed by atoms with Crippen LogP contribution in [-0.2, 0) is 0 Å². The van der Waals surface area contributed by atoms with E-state index < -0.39 is 0 Å². The van der Waals surface area contributed by atoms with Crippen LogP contribution in [0.5, 0.6) is 0 Å². The monoisotopic (exact) mass is 291 g/mol. The average molecular weight is 292 g/mol. The fourth-order valence-electron chi connectivity index (χ4n) is 3.06. The van der Waals surface area contributed by atoms with Crippen molar-refractivity contribution in [3.8, 4) is 0 Å². The largest absolute Gasteiger partial charge is 0.373 e. The molecule has 0 fully saturated rings. The van der Waals surface area contributed by atoms with Crippen LogP contribution in [0.25, 0.3) is 0 Å². The van der Waals surface area contributed by atoms with E-state index >= 15 is 0 Å². The number of allylic oxidation sites excluding steroid dienone is 2. The van der Waals surface area contributed by atoms with Crippen molar-refractivity contribution in [2.24, 2.45) is 0 Å². The van der Waals surface area contributed by atoms with Crippen LogP contribution < -0.4 is 0 Å².